The number of hydrogen-bond donors (Lipinski definition) is 1. The van der Waals surface area contributed by atoms with E-state index in [9.17, 15) is 0 Å². The van der Waals surface area contributed by atoms with Crippen LogP contribution in [0.3, 0.4) is 0 Å². The van der Waals surface area contributed by atoms with E-state index in [1.165, 1.54) is 33.0 Å². The molecule has 4 rings (SSSR count). The molecule has 0 N–H and O–H groups in total. The van der Waals surface area contributed by atoms with E-state index in [1.807, 2.05) is 12.1 Å². The molecule has 0 fully saturated rings. The molecule has 0 unspecified atom stereocenters. The number of hydrogen-bond acceptors (Lipinski definition) is 1. The van der Waals surface area contributed by atoms with Gasteiger partial charge in [-0.05, 0) is 51.2 Å². The van der Waals surface area contributed by atoms with Gasteiger partial charge in [0.25, 0.3) is 0 Å². The summed E-state index contributed by atoms with van der Waals surface area (Å²) in [5.74, 6) is 0. The molecule has 0 heterocycles. The van der Waals surface area contributed by atoms with E-state index in [2.05, 4.69) is 67.2 Å². The fourth-order valence-corrected chi connectivity index (χ4v) is 2.98. The summed E-state index contributed by atoms with van der Waals surface area (Å²) >= 11 is 4.35. The molecular weight excluding hydrogens is 248 g/mol. The Morgan fingerprint density at radius 3 is 2.26 bits per heavy atom. The van der Waals surface area contributed by atoms with Crippen LogP contribution in [-0.2, 0) is 0 Å². The van der Waals surface area contributed by atoms with Gasteiger partial charge < -0.3 is 0 Å². The van der Waals surface area contributed by atoms with Crippen LogP contribution in [-0.4, -0.2) is 0 Å². The fourth-order valence-electron chi connectivity index (χ4n) is 2.83. The summed E-state index contributed by atoms with van der Waals surface area (Å²) in [5, 5.41) is 2.68. The Hall–Kier alpha value is -1.99. The molecule has 0 atom stereocenters. The van der Waals surface area contributed by atoms with Crippen molar-refractivity contribution in [3.63, 3.8) is 0 Å². The summed E-state index contributed by atoms with van der Waals surface area (Å²) in [5.41, 5.74) is 5.21. The number of rotatable bonds is 1. The van der Waals surface area contributed by atoms with E-state index < -0.39 is 0 Å². The van der Waals surface area contributed by atoms with E-state index in [1.54, 1.807) is 0 Å². The third-order valence-corrected chi connectivity index (χ3v) is 4.00. The molecule has 3 aromatic rings. The van der Waals surface area contributed by atoms with Crippen LogP contribution >= 0.6 is 12.6 Å². The Balaban J connectivity index is 1.99. The summed E-state index contributed by atoms with van der Waals surface area (Å²) in [7, 11) is 0. The molecule has 3 aromatic carbocycles. The zero-order chi connectivity index (χ0) is 12.8. The molecule has 19 heavy (non-hydrogen) atoms. The maximum Gasteiger partial charge on any atom is 0.00404 e. The third kappa shape index (κ3) is 1.62. The number of benzene rings is 3. The minimum absolute atomic E-state index is 0.998. The minimum atomic E-state index is 0.998. The minimum Gasteiger partial charge on any atom is -0.143 e. The Bertz CT molecular complexity index is 805. The second-order valence-corrected chi connectivity index (χ2v) is 5.37. The molecule has 0 aromatic heterocycles. The molecule has 0 radical (unpaired) electrons. The first-order valence-electron chi connectivity index (χ1n) is 6.36. The van der Waals surface area contributed by atoms with Gasteiger partial charge in [0.1, 0.15) is 0 Å². The monoisotopic (exact) mass is 260 g/mol. The van der Waals surface area contributed by atoms with Gasteiger partial charge in [0.05, 0.1) is 0 Å². The Labute approximate surface area is 117 Å². The second kappa shape index (κ2) is 4.01. The second-order valence-electron chi connectivity index (χ2n) is 4.86. The van der Waals surface area contributed by atoms with E-state index in [4.69, 9.17) is 0 Å². The van der Waals surface area contributed by atoms with Gasteiger partial charge in [-0.3, -0.25) is 0 Å². The van der Waals surface area contributed by atoms with Gasteiger partial charge in [-0.15, -0.1) is 12.6 Å². The first kappa shape index (κ1) is 10.9. The van der Waals surface area contributed by atoms with Gasteiger partial charge in [-0.2, -0.15) is 0 Å². The van der Waals surface area contributed by atoms with Crippen molar-refractivity contribution in [1.29, 1.82) is 0 Å². The van der Waals surface area contributed by atoms with Crippen LogP contribution in [0.15, 0.2) is 65.6 Å². The Morgan fingerprint density at radius 2 is 1.47 bits per heavy atom. The smallest absolute Gasteiger partial charge is 0.00404 e. The molecule has 90 valence electrons. The van der Waals surface area contributed by atoms with Crippen LogP contribution in [0.2, 0.25) is 0 Å². The van der Waals surface area contributed by atoms with Gasteiger partial charge in [0.15, 0.2) is 0 Å². The summed E-state index contributed by atoms with van der Waals surface area (Å²) in [6.45, 7) is 0. The van der Waals surface area contributed by atoms with Gasteiger partial charge >= 0.3 is 0 Å². The molecule has 0 saturated carbocycles. The average molecular weight is 260 g/mol. The Kier molecular flexibility index (Phi) is 2.30. The molecule has 1 aliphatic carbocycles. The van der Waals surface area contributed by atoms with Gasteiger partial charge in [-0.25, -0.2) is 0 Å². The van der Waals surface area contributed by atoms with Crippen LogP contribution in [0, 0.1) is 0 Å². The fraction of sp³-hybridized carbons (Fsp3) is 0. The lowest BCUT2D eigenvalue weighted by Gasteiger charge is -2.06. The van der Waals surface area contributed by atoms with Crippen molar-refractivity contribution < 1.29 is 0 Å². The van der Waals surface area contributed by atoms with Crippen LogP contribution < -0.4 is 0 Å². The molecule has 0 saturated heterocycles. The summed E-state index contributed by atoms with van der Waals surface area (Å²) in [6, 6.07) is 21.4. The zero-order valence-corrected chi connectivity index (χ0v) is 11.2. The normalized spacial score (nSPS) is 12.8. The van der Waals surface area contributed by atoms with Crippen molar-refractivity contribution in [2.45, 2.75) is 4.90 Å². The summed E-state index contributed by atoms with van der Waals surface area (Å²) in [4.78, 5) is 0.998. The third-order valence-electron chi connectivity index (χ3n) is 3.71. The molecular formula is C18H12S. The van der Waals surface area contributed by atoms with E-state index in [0.717, 1.165) is 4.90 Å². The highest BCUT2D eigenvalue weighted by molar-refractivity contribution is 7.80. The predicted octanol–water partition coefficient (Wildman–Crippen LogP) is 5.03. The first-order valence-corrected chi connectivity index (χ1v) is 6.81. The van der Waals surface area contributed by atoms with E-state index in [0.29, 0.717) is 0 Å². The maximum absolute atomic E-state index is 4.35. The summed E-state index contributed by atoms with van der Waals surface area (Å²) < 4.78 is 0. The SMILES string of the molecule is Sc1ccc(C2=Cc3cccc4cccc2c34)cc1. The highest BCUT2D eigenvalue weighted by Crippen LogP contribution is 2.39. The van der Waals surface area contributed by atoms with Crippen LogP contribution in [0.1, 0.15) is 16.7 Å². The van der Waals surface area contributed by atoms with Crippen molar-refractivity contribution in [3.8, 4) is 0 Å². The lowest BCUT2D eigenvalue weighted by Crippen LogP contribution is -1.84. The largest absolute Gasteiger partial charge is 0.143 e. The van der Waals surface area contributed by atoms with Crippen LogP contribution in [0.5, 0.6) is 0 Å². The quantitative estimate of drug-likeness (QED) is 0.456. The van der Waals surface area contributed by atoms with Gasteiger partial charge in [0.2, 0.25) is 0 Å². The van der Waals surface area contributed by atoms with Crippen molar-refractivity contribution in [1.82, 2.24) is 0 Å². The molecule has 1 aliphatic rings. The molecule has 0 nitrogen and oxygen atoms in total. The van der Waals surface area contributed by atoms with Crippen molar-refractivity contribution >= 4 is 35.1 Å². The lowest BCUT2D eigenvalue weighted by molar-refractivity contribution is 1.45. The van der Waals surface area contributed by atoms with Gasteiger partial charge in [0, 0.05) is 4.90 Å². The molecule has 0 spiro atoms. The highest BCUT2D eigenvalue weighted by atomic mass is 32.1. The lowest BCUT2D eigenvalue weighted by atomic mass is 9.98. The Morgan fingerprint density at radius 1 is 0.737 bits per heavy atom. The van der Waals surface area contributed by atoms with Crippen LogP contribution in [0.25, 0.3) is 22.4 Å². The standard InChI is InChI=1S/C18H12S/c19-15-9-7-12(8-10-15)17-11-14-5-1-3-13-4-2-6-16(17)18(13)14/h1-11,19H. The van der Waals surface area contributed by atoms with Crippen molar-refractivity contribution in [3.05, 3.63) is 77.4 Å². The van der Waals surface area contributed by atoms with E-state index >= 15 is 0 Å². The van der Waals surface area contributed by atoms with Gasteiger partial charge in [-0.1, -0.05) is 48.5 Å². The molecule has 0 aliphatic heterocycles. The zero-order valence-electron chi connectivity index (χ0n) is 10.3. The maximum atomic E-state index is 4.35. The van der Waals surface area contributed by atoms with E-state index in [-0.39, 0.29) is 0 Å². The topological polar surface area (TPSA) is 0 Å². The predicted molar refractivity (Wildman–Crippen MR) is 84.6 cm³/mol. The van der Waals surface area contributed by atoms with Crippen molar-refractivity contribution in [2.75, 3.05) is 0 Å². The first-order chi connectivity index (χ1) is 9.33. The summed E-state index contributed by atoms with van der Waals surface area (Å²) in [6.07, 6.45) is 2.28. The molecule has 0 bridgehead atoms. The molecule has 0 amide bonds. The average Bonchev–Trinajstić information content (AvgIpc) is 2.82. The van der Waals surface area contributed by atoms with Crippen LogP contribution in [0.4, 0.5) is 0 Å². The highest BCUT2D eigenvalue weighted by Gasteiger charge is 2.16. The van der Waals surface area contributed by atoms with Crippen molar-refractivity contribution in [2.24, 2.45) is 0 Å². The number of thiol groups is 1. The molecule has 1 heteroatoms.